The van der Waals surface area contributed by atoms with Gasteiger partial charge in [0.1, 0.15) is 5.54 Å². The highest BCUT2D eigenvalue weighted by Crippen LogP contribution is 2.35. The molecule has 0 aromatic heterocycles. The van der Waals surface area contributed by atoms with Crippen molar-refractivity contribution in [2.75, 3.05) is 20.2 Å². The molecule has 34 heavy (non-hydrogen) atoms. The number of ether oxygens (including phenoxy) is 2. The van der Waals surface area contributed by atoms with E-state index in [-0.39, 0.29) is 24.0 Å². The lowest BCUT2D eigenvalue weighted by Crippen LogP contribution is -2.68. The van der Waals surface area contributed by atoms with Gasteiger partial charge in [-0.3, -0.25) is 14.5 Å². The van der Waals surface area contributed by atoms with Crippen LogP contribution in [0.15, 0.2) is 42.5 Å². The van der Waals surface area contributed by atoms with Gasteiger partial charge >= 0.3 is 12.1 Å². The minimum Gasteiger partial charge on any atom is -0.469 e. The highest BCUT2D eigenvalue weighted by atomic mass is 35.5. The van der Waals surface area contributed by atoms with Gasteiger partial charge in [0.05, 0.1) is 12.1 Å². The van der Waals surface area contributed by atoms with Crippen LogP contribution in [0.4, 0.5) is 4.79 Å². The van der Waals surface area contributed by atoms with Crippen molar-refractivity contribution >= 4 is 41.2 Å². The third kappa shape index (κ3) is 6.02. The molecule has 0 saturated carbocycles. The Kier molecular flexibility index (Phi) is 8.44. The first-order valence-corrected chi connectivity index (χ1v) is 11.8. The van der Waals surface area contributed by atoms with Crippen molar-refractivity contribution in [2.45, 2.75) is 45.2 Å². The van der Waals surface area contributed by atoms with E-state index in [1.165, 1.54) is 12.0 Å². The molecule has 9 heteroatoms. The summed E-state index contributed by atoms with van der Waals surface area (Å²) in [5.74, 6) is -0.311. The Morgan fingerprint density at radius 1 is 1.12 bits per heavy atom. The summed E-state index contributed by atoms with van der Waals surface area (Å²) in [5, 5.41) is 0.927. The number of amides is 2. The fourth-order valence-electron chi connectivity index (χ4n) is 3.83. The highest BCUT2D eigenvalue weighted by molar-refractivity contribution is 6.32. The van der Waals surface area contributed by atoms with Gasteiger partial charge in [0.2, 0.25) is 5.91 Å². The molecule has 0 aliphatic carbocycles. The number of halogens is 2. The van der Waals surface area contributed by atoms with Crippen molar-refractivity contribution in [1.29, 1.82) is 0 Å². The fraction of sp³-hybridized carbons (Fsp3) is 0.400. The van der Waals surface area contributed by atoms with Crippen LogP contribution in [0.1, 0.15) is 37.3 Å². The Balaban J connectivity index is 1.75. The zero-order valence-electron chi connectivity index (χ0n) is 19.5. The number of carbonyl (C=O) groups is 3. The molecule has 1 aliphatic heterocycles. The van der Waals surface area contributed by atoms with Crippen molar-refractivity contribution in [2.24, 2.45) is 0 Å². The first-order valence-electron chi connectivity index (χ1n) is 11.0. The Hall–Kier alpha value is -2.77. The molecule has 0 N–H and O–H groups in total. The fourth-order valence-corrected chi connectivity index (χ4v) is 4.23. The Bertz CT molecular complexity index is 1060. The van der Waals surface area contributed by atoms with Crippen molar-refractivity contribution in [3.05, 3.63) is 63.6 Å². The van der Waals surface area contributed by atoms with Gasteiger partial charge in [-0.05, 0) is 62.1 Å². The summed E-state index contributed by atoms with van der Waals surface area (Å²) in [4.78, 5) is 41.2. The van der Waals surface area contributed by atoms with Crippen LogP contribution in [0.3, 0.4) is 0 Å². The van der Waals surface area contributed by atoms with Crippen LogP contribution in [0.5, 0.6) is 5.75 Å². The van der Waals surface area contributed by atoms with E-state index in [4.69, 9.17) is 32.7 Å². The zero-order valence-corrected chi connectivity index (χ0v) is 21.0. The topological polar surface area (TPSA) is 76.2 Å². The average Bonchev–Trinajstić information content (AvgIpc) is 2.79. The number of hydrogen-bond acceptors (Lipinski definition) is 5. The molecule has 1 fully saturated rings. The van der Waals surface area contributed by atoms with E-state index >= 15 is 0 Å². The summed E-state index contributed by atoms with van der Waals surface area (Å²) in [6.07, 6.45) is 0.492. The van der Waals surface area contributed by atoms with Crippen LogP contribution >= 0.6 is 23.2 Å². The predicted octanol–water partition coefficient (Wildman–Crippen LogP) is 5.25. The van der Waals surface area contributed by atoms with Crippen LogP contribution in [-0.4, -0.2) is 53.5 Å². The molecule has 2 aromatic rings. The first-order chi connectivity index (χ1) is 16.1. The molecule has 182 valence electrons. The number of likely N-dealkylation sites (tertiary alicyclic amines) is 1. The van der Waals surface area contributed by atoms with Gasteiger partial charge in [0.15, 0.2) is 5.75 Å². The van der Waals surface area contributed by atoms with E-state index in [9.17, 15) is 14.4 Å². The summed E-state index contributed by atoms with van der Waals surface area (Å²) < 4.78 is 10.2. The lowest BCUT2D eigenvalue weighted by Gasteiger charge is -2.49. The van der Waals surface area contributed by atoms with Crippen LogP contribution in [0.25, 0.3) is 0 Å². The minimum absolute atomic E-state index is 0.190. The summed E-state index contributed by atoms with van der Waals surface area (Å²) in [5.41, 5.74) is 0.768. The average molecular weight is 507 g/mol. The third-order valence-electron chi connectivity index (χ3n) is 5.99. The first kappa shape index (κ1) is 25.8. The van der Waals surface area contributed by atoms with Crippen molar-refractivity contribution in [3.63, 3.8) is 0 Å². The molecular weight excluding hydrogens is 479 g/mol. The van der Waals surface area contributed by atoms with E-state index in [2.05, 4.69) is 0 Å². The Morgan fingerprint density at radius 3 is 2.41 bits per heavy atom. The van der Waals surface area contributed by atoms with Gasteiger partial charge in [-0.25, -0.2) is 4.79 Å². The number of esters is 1. The number of rotatable bonds is 8. The number of hydrogen-bond donors (Lipinski definition) is 0. The molecule has 3 rings (SSSR count). The summed E-state index contributed by atoms with van der Waals surface area (Å²) in [7, 11) is 1.33. The van der Waals surface area contributed by atoms with Gasteiger partial charge in [0, 0.05) is 31.1 Å². The second-order valence-corrected chi connectivity index (χ2v) is 9.35. The standard InChI is InChI=1S/C25H28Cl2N2O5/c1-17-6-11-21(20(27)15-17)34-24(32)29-14-12-25(29,2)23(31)28(13-4-5-22(30)33-3)16-18-7-9-19(26)10-8-18/h6-11,15H,4-5,12-14,16H2,1-3H3. The Labute approximate surface area is 209 Å². The maximum absolute atomic E-state index is 13.7. The summed E-state index contributed by atoms with van der Waals surface area (Å²) in [6.45, 7) is 4.66. The van der Waals surface area contributed by atoms with E-state index < -0.39 is 11.6 Å². The normalized spacial score (nSPS) is 17.0. The molecule has 7 nitrogen and oxygen atoms in total. The maximum Gasteiger partial charge on any atom is 0.416 e. The van der Waals surface area contributed by atoms with E-state index in [0.717, 1.165) is 11.1 Å². The number of benzene rings is 2. The maximum atomic E-state index is 13.7. The predicted molar refractivity (Wildman–Crippen MR) is 130 cm³/mol. The SMILES string of the molecule is COC(=O)CCCN(Cc1ccc(Cl)cc1)C(=O)C1(C)CCN1C(=O)Oc1ccc(C)cc1Cl. The quantitative estimate of drug-likeness (QED) is 0.457. The molecule has 1 unspecified atom stereocenters. The van der Waals surface area contributed by atoms with E-state index in [0.29, 0.717) is 42.5 Å². The lowest BCUT2D eigenvalue weighted by molar-refractivity contribution is -0.151. The molecule has 1 atom stereocenters. The molecule has 0 spiro atoms. The third-order valence-corrected chi connectivity index (χ3v) is 6.54. The van der Waals surface area contributed by atoms with Gasteiger partial charge in [-0.15, -0.1) is 0 Å². The smallest absolute Gasteiger partial charge is 0.416 e. The number of nitrogens with zero attached hydrogens (tertiary/aromatic N) is 2. The molecule has 0 radical (unpaired) electrons. The number of carbonyl (C=O) groups excluding carboxylic acids is 3. The Morgan fingerprint density at radius 2 is 1.82 bits per heavy atom. The summed E-state index contributed by atoms with van der Waals surface area (Å²) in [6, 6.07) is 12.3. The van der Waals surface area contributed by atoms with Crippen LogP contribution in [0.2, 0.25) is 10.0 Å². The second-order valence-electron chi connectivity index (χ2n) is 8.51. The van der Waals surface area contributed by atoms with Gasteiger partial charge in [-0.1, -0.05) is 41.4 Å². The lowest BCUT2D eigenvalue weighted by atomic mass is 9.85. The zero-order chi connectivity index (χ0) is 24.9. The van der Waals surface area contributed by atoms with E-state index in [1.54, 1.807) is 42.2 Å². The van der Waals surface area contributed by atoms with Crippen LogP contribution < -0.4 is 4.74 Å². The van der Waals surface area contributed by atoms with Crippen LogP contribution in [0, 0.1) is 6.92 Å². The van der Waals surface area contributed by atoms with Crippen molar-refractivity contribution < 1.29 is 23.9 Å². The number of aryl methyl sites for hydroxylation is 1. The minimum atomic E-state index is -1.06. The molecule has 1 saturated heterocycles. The molecule has 2 amide bonds. The molecule has 1 heterocycles. The van der Waals surface area contributed by atoms with Gasteiger partial charge in [0.25, 0.3) is 0 Å². The molecule has 1 aliphatic rings. The highest BCUT2D eigenvalue weighted by Gasteiger charge is 2.52. The van der Waals surface area contributed by atoms with E-state index in [1.807, 2.05) is 19.1 Å². The van der Waals surface area contributed by atoms with Gasteiger partial charge in [-0.2, -0.15) is 0 Å². The van der Waals surface area contributed by atoms with Crippen molar-refractivity contribution in [3.8, 4) is 5.75 Å². The molecule has 0 bridgehead atoms. The number of methoxy groups -OCH3 is 1. The molecule has 2 aromatic carbocycles. The largest absolute Gasteiger partial charge is 0.469 e. The summed E-state index contributed by atoms with van der Waals surface area (Å²) >= 11 is 12.2. The monoisotopic (exact) mass is 506 g/mol. The molecular formula is C25H28Cl2N2O5. The van der Waals surface area contributed by atoms with Crippen molar-refractivity contribution in [1.82, 2.24) is 9.80 Å². The van der Waals surface area contributed by atoms with Gasteiger partial charge < -0.3 is 14.4 Å². The van der Waals surface area contributed by atoms with Crippen LogP contribution in [-0.2, 0) is 20.9 Å². The second kappa shape index (κ2) is 11.1.